The molecule has 4 heterocycles. The molecule has 5 rings (SSSR count). The van der Waals surface area contributed by atoms with E-state index in [0.29, 0.717) is 54.8 Å². The molecule has 35 heavy (non-hydrogen) atoms. The number of hydrogen-bond donors (Lipinski definition) is 0. The van der Waals surface area contributed by atoms with Crippen LogP contribution >= 0.6 is 11.6 Å². The first-order valence-corrected chi connectivity index (χ1v) is 12.1. The van der Waals surface area contributed by atoms with Crippen LogP contribution in [0.25, 0.3) is 0 Å². The standard InChI is InChI=1S/C25H26ClN5O4/c1-28(23(32)17-6-4-7-18(26)16-17)22-21(31-10-3-2-9-20(31)27-22)25(34)30-13-11-29(12-14-30)24(33)19-8-5-15-35-19/h4-8,15-16H,2-3,9-14H2,1H3. The van der Waals surface area contributed by atoms with Crippen LogP contribution in [0.4, 0.5) is 5.82 Å². The molecule has 3 aromatic rings. The zero-order valence-corrected chi connectivity index (χ0v) is 20.2. The van der Waals surface area contributed by atoms with Crippen molar-refractivity contribution in [3.05, 3.63) is 70.5 Å². The fraction of sp³-hybridized carbons (Fsp3) is 0.360. The van der Waals surface area contributed by atoms with Gasteiger partial charge < -0.3 is 18.8 Å². The van der Waals surface area contributed by atoms with Crippen molar-refractivity contribution in [2.75, 3.05) is 38.1 Å². The van der Waals surface area contributed by atoms with Crippen LogP contribution < -0.4 is 4.90 Å². The number of aryl methyl sites for hydroxylation is 1. The molecule has 10 heteroatoms. The number of furan rings is 1. The molecule has 9 nitrogen and oxygen atoms in total. The number of aromatic nitrogens is 2. The molecule has 0 radical (unpaired) electrons. The maximum atomic E-state index is 13.8. The summed E-state index contributed by atoms with van der Waals surface area (Å²) >= 11 is 6.09. The minimum absolute atomic E-state index is 0.184. The predicted octanol–water partition coefficient (Wildman–Crippen LogP) is 3.34. The van der Waals surface area contributed by atoms with Crippen LogP contribution in [0.2, 0.25) is 5.02 Å². The van der Waals surface area contributed by atoms with Crippen LogP contribution in [-0.2, 0) is 13.0 Å². The molecule has 1 aromatic carbocycles. The summed E-state index contributed by atoms with van der Waals surface area (Å²) in [6.45, 7) is 2.26. The van der Waals surface area contributed by atoms with Gasteiger partial charge in [0, 0.05) is 56.8 Å². The second-order valence-electron chi connectivity index (χ2n) is 8.75. The van der Waals surface area contributed by atoms with Gasteiger partial charge in [0.15, 0.2) is 17.3 Å². The molecule has 2 aromatic heterocycles. The summed E-state index contributed by atoms with van der Waals surface area (Å²) in [5, 5.41) is 0.464. The third kappa shape index (κ3) is 4.43. The Hall–Kier alpha value is -3.59. The lowest BCUT2D eigenvalue weighted by Crippen LogP contribution is -2.51. The molecule has 1 fully saturated rings. The Morgan fingerprint density at radius 2 is 1.71 bits per heavy atom. The Morgan fingerprint density at radius 3 is 2.40 bits per heavy atom. The van der Waals surface area contributed by atoms with Crippen molar-refractivity contribution < 1.29 is 18.8 Å². The van der Waals surface area contributed by atoms with Crippen LogP contribution in [0.1, 0.15) is 50.1 Å². The average molecular weight is 496 g/mol. The predicted molar refractivity (Wildman–Crippen MR) is 130 cm³/mol. The van der Waals surface area contributed by atoms with E-state index in [4.69, 9.17) is 21.0 Å². The molecule has 0 spiro atoms. The van der Waals surface area contributed by atoms with Crippen LogP contribution in [0.15, 0.2) is 47.1 Å². The number of fused-ring (bicyclic) bond motifs is 1. The number of carbonyl (C=O) groups is 3. The fourth-order valence-corrected chi connectivity index (χ4v) is 4.84. The fourth-order valence-electron chi connectivity index (χ4n) is 4.64. The molecule has 0 N–H and O–H groups in total. The Morgan fingerprint density at radius 1 is 0.971 bits per heavy atom. The summed E-state index contributed by atoms with van der Waals surface area (Å²) in [6, 6.07) is 10.0. The van der Waals surface area contributed by atoms with Crippen molar-refractivity contribution in [3.63, 3.8) is 0 Å². The minimum Gasteiger partial charge on any atom is -0.459 e. The third-order valence-corrected chi connectivity index (χ3v) is 6.78. The second kappa shape index (κ2) is 9.58. The molecule has 2 aliphatic rings. The Balaban J connectivity index is 1.39. The number of carbonyl (C=O) groups excluding carboxylic acids is 3. The van der Waals surface area contributed by atoms with E-state index in [1.807, 2.05) is 4.57 Å². The Bertz CT molecular complexity index is 1260. The van der Waals surface area contributed by atoms with Crippen molar-refractivity contribution >= 4 is 35.1 Å². The van der Waals surface area contributed by atoms with E-state index in [-0.39, 0.29) is 23.5 Å². The first kappa shape index (κ1) is 23.2. The van der Waals surface area contributed by atoms with Crippen molar-refractivity contribution in [2.24, 2.45) is 0 Å². The second-order valence-corrected chi connectivity index (χ2v) is 9.18. The molecule has 0 aliphatic carbocycles. The van der Waals surface area contributed by atoms with Gasteiger partial charge in [-0.2, -0.15) is 0 Å². The van der Waals surface area contributed by atoms with E-state index < -0.39 is 0 Å². The van der Waals surface area contributed by atoms with Crippen molar-refractivity contribution in [1.82, 2.24) is 19.4 Å². The quantitative estimate of drug-likeness (QED) is 0.553. The van der Waals surface area contributed by atoms with Gasteiger partial charge >= 0.3 is 0 Å². The SMILES string of the molecule is CN(C(=O)c1cccc(Cl)c1)c1nc2n(c1C(=O)N1CCN(C(=O)c3ccco3)CC1)CCCC2. The number of rotatable bonds is 4. The van der Waals surface area contributed by atoms with Crippen molar-refractivity contribution in [2.45, 2.75) is 25.8 Å². The summed E-state index contributed by atoms with van der Waals surface area (Å²) in [7, 11) is 1.63. The normalized spacial score (nSPS) is 15.6. The molecule has 0 unspecified atom stereocenters. The average Bonchev–Trinajstić information content (AvgIpc) is 3.55. The smallest absolute Gasteiger partial charge is 0.289 e. The zero-order chi connectivity index (χ0) is 24.5. The van der Waals surface area contributed by atoms with Gasteiger partial charge in [0.05, 0.1) is 6.26 Å². The summed E-state index contributed by atoms with van der Waals surface area (Å²) in [4.78, 5) is 49.2. The van der Waals surface area contributed by atoms with Crippen LogP contribution in [0.3, 0.4) is 0 Å². The molecular formula is C25H26ClN5O4. The van der Waals surface area contributed by atoms with Gasteiger partial charge in [-0.3, -0.25) is 19.3 Å². The van der Waals surface area contributed by atoms with Crippen molar-refractivity contribution in [3.8, 4) is 0 Å². The highest BCUT2D eigenvalue weighted by molar-refractivity contribution is 6.31. The van der Waals surface area contributed by atoms with Gasteiger partial charge in [0.25, 0.3) is 17.7 Å². The van der Waals surface area contributed by atoms with Crippen LogP contribution in [-0.4, -0.2) is 70.3 Å². The minimum atomic E-state index is -0.286. The Labute approximate surface area is 207 Å². The lowest BCUT2D eigenvalue weighted by atomic mass is 10.1. The number of nitrogens with zero attached hydrogens (tertiary/aromatic N) is 5. The number of benzene rings is 1. The van der Waals surface area contributed by atoms with E-state index in [9.17, 15) is 14.4 Å². The van der Waals surface area contributed by atoms with Gasteiger partial charge in [-0.05, 0) is 43.2 Å². The third-order valence-electron chi connectivity index (χ3n) is 6.54. The number of halogens is 1. The van der Waals surface area contributed by atoms with Gasteiger partial charge in [0.1, 0.15) is 5.82 Å². The number of piperazine rings is 1. The number of imidazole rings is 1. The maximum absolute atomic E-state index is 13.8. The first-order valence-electron chi connectivity index (χ1n) is 11.7. The summed E-state index contributed by atoms with van der Waals surface area (Å²) in [6.07, 6.45) is 4.16. The Kier molecular flexibility index (Phi) is 6.34. The molecule has 0 bridgehead atoms. The summed E-state index contributed by atoms with van der Waals surface area (Å²) in [5.74, 6) is 0.801. The van der Waals surface area contributed by atoms with E-state index in [2.05, 4.69) is 0 Å². The first-order chi connectivity index (χ1) is 16.9. The van der Waals surface area contributed by atoms with Crippen LogP contribution in [0, 0.1) is 0 Å². The van der Waals surface area contributed by atoms with E-state index in [1.165, 1.54) is 11.2 Å². The zero-order valence-electron chi connectivity index (χ0n) is 19.4. The van der Waals surface area contributed by atoms with Gasteiger partial charge in [-0.15, -0.1) is 0 Å². The number of hydrogen-bond acceptors (Lipinski definition) is 5. The largest absolute Gasteiger partial charge is 0.459 e. The lowest BCUT2D eigenvalue weighted by Gasteiger charge is -2.34. The maximum Gasteiger partial charge on any atom is 0.289 e. The highest BCUT2D eigenvalue weighted by Gasteiger charge is 2.34. The highest BCUT2D eigenvalue weighted by Crippen LogP contribution is 2.28. The van der Waals surface area contributed by atoms with E-state index >= 15 is 0 Å². The van der Waals surface area contributed by atoms with E-state index in [1.54, 1.807) is 53.2 Å². The molecule has 0 saturated carbocycles. The molecule has 2 aliphatic heterocycles. The molecule has 1 saturated heterocycles. The monoisotopic (exact) mass is 495 g/mol. The number of amides is 3. The summed E-state index contributed by atoms with van der Waals surface area (Å²) < 4.78 is 7.17. The van der Waals surface area contributed by atoms with Gasteiger partial charge in [-0.1, -0.05) is 17.7 Å². The molecular weight excluding hydrogens is 470 g/mol. The van der Waals surface area contributed by atoms with Gasteiger partial charge in [-0.25, -0.2) is 4.98 Å². The van der Waals surface area contributed by atoms with E-state index in [0.717, 1.165) is 25.1 Å². The highest BCUT2D eigenvalue weighted by atomic mass is 35.5. The van der Waals surface area contributed by atoms with Gasteiger partial charge in [0.2, 0.25) is 0 Å². The van der Waals surface area contributed by atoms with Crippen molar-refractivity contribution in [1.29, 1.82) is 0 Å². The lowest BCUT2D eigenvalue weighted by molar-refractivity contribution is 0.0512. The van der Waals surface area contributed by atoms with Crippen LogP contribution in [0.5, 0.6) is 0 Å². The molecule has 3 amide bonds. The number of anilines is 1. The summed E-state index contributed by atoms with van der Waals surface area (Å²) in [5.41, 5.74) is 0.845. The molecule has 182 valence electrons. The molecule has 0 atom stereocenters. The topological polar surface area (TPSA) is 91.9 Å².